The van der Waals surface area contributed by atoms with Crippen molar-refractivity contribution in [3.8, 4) is 0 Å². The number of rotatable bonds is 5. The van der Waals surface area contributed by atoms with Crippen molar-refractivity contribution in [3.05, 3.63) is 53.9 Å². The second-order valence-corrected chi connectivity index (χ2v) is 6.10. The van der Waals surface area contributed by atoms with E-state index < -0.39 is 6.04 Å². The normalized spacial score (nSPS) is 16.0. The number of benzene rings is 1. The zero-order chi connectivity index (χ0) is 16.4. The van der Waals surface area contributed by atoms with Crippen molar-refractivity contribution < 1.29 is 9.18 Å². The quantitative estimate of drug-likeness (QED) is 0.826. The zero-order valence-corrected chi connectivity index (χ0v) is 15.7. The summed E-state index contributed by atoms with van der Waals surface area (Å²) in [6.07, 6.45) is 3.52. The summed E-state index contributed by atoms with van der Waals surface area (Å²) in [5.74, 6) is 0.718. The highest BCUT2D eigenvalue weighted by Crippen LogP contribution is 2.23. The summed E-state index contributed by atoms with van der Waals surface area (Å²) < 4.78 is 15.1. The Kier molecular flexibility index (Phi) is 7.86. The molecule has 1 saturated heterocycles. The van der Waals surface area contributed by atoms with Crippen LogP contribution in [0.15, 0.2) is 36.7 Å². The molecule has 2 unspecified atom stereocenters. The molecular formula is C17H23Cl2FN4O. The van der Waals surface area contributed by atoms with E-state index >= 15 is 0 Å². The van der Waals surface area contributed by atoms with Crippen molar-refractivity contribution >= 4 is 30.7 Å². The lowest BCUT2D eigenvalue weighted by atomic mass is 9.88. The van der Waals surface area contributed by atoms with E-state index in [-0.39, 0.29) is 42.5 Å². The Labute approximate surface area is 159 Å². The molecule has 0 saturated carbocycles. The molecule has 2 N–H and O–H groups in total. The lowest BCUT2D eigenvalue weighted by molar-refractivity contribution is -0.127. The summed E-state index contributed by atoms with van der Waals surface area (Å²) in [7, 11) is 1.88. The summed E-state index contributed by atoms with van der Waals surface area (Å²) >= 11 is 0. The van der Waals surface area contributed by atoms with E-state index in [2.05, 4.69) is 15.6 Å². The van der Waals surface area contributed by atoms with Gasteiger partial charge in [0.1, 0.15) is 17.7 Å². The molecule has 2 aromatic rings. The van der Waals surface area contributed by atoms with Crippen LogP contribution in [0, 0.1) is 17.7 Å². The zero-order valence-electron chi connectivity index (χ0n) is 14.1. The Morgan fingerprint density at radius 3 is 2.44 bits per heavy atom. The first kappa shape index (κ1) is 21.4. The third-order valence-electron chi connectivity index (χ3n) is 4.54. The number of aryl methyl sites for hydroxylation is 1. The second kappa shape index (κ2) is 9.17. The number of aromatic nitrogens is 2. The molecule has 0 bridgehead atoms. The Morgan fingerprint density at radius 1 is 1.32 bits per heavy atom. The molecule has 2 atom stereocenters. The largest absolute Gasteiger partial charge is 0.342 e. The van der Waals surface area contributed by atoms with Gasteiger partial charge in [0.05, 0.1) is 0 Å². The molecular weight excluding hydrogens is 366 g/mol. The Balaban J connectivity index is 0.00000156. The summed E-state index contributed by atoms with van der Waals surface area (Å²) in [6, 6.07) is 5.78. The van der Waals surface area contributed by atoms with Crippen molar-refractivity contribution in [3.63, 3.8) is 0 Å². The van der Waals surface area contributed by atoms with Crippen molar-refractivity contribution in [1.29, 1.82) is 0 Å². The fraction of sp³-hybridized carbons (Fsp3) is 0.412. The van der Waals surface area contributed by atoms with Gasteiger partial charge in [0.15, 0.2) is 0 Å². The third-order valence-corrected chi connectivity index (χ3v) is 4.54. The SMILES string of the molecule is CC(C(=O)NC(c1ccc(F)cc1)c1nccn1C)C1CNC1.Cl.Cl. The van der Waals surface area contributed by atoms with Crippen LogP contribution in [0.25, 0.3) is 0 Å². The molecule has 0 aliphatic carbocycles. The van der Waals surface area contributed by atoms with Crippen LogP contribution in [-0.2, 0) is 11.8 Å². The molecule has 25 heavy (non-hydrogen) atoms. The van der Waals surface area contributed by atoms with E-state index in [4.69, 9.17) is 0 Å². The lowest BCUT2D eigenvalue weighted by Crippen LogP contribution is -2.50. The molecule has 1 aliphatic rings. The predicted octanol–water partition coefficient (Wildman–Crippen LogP) is 2.46. The van der Waals surface area contributed by atoms with Gasteiger partial charge in [-0.2, -0.15) is 0 Å². The average Bonchev–Trinajstić information content (AvgIpc) is 2.90. The first-order valence-electron chi connectivity index (χ1n) is 7.80. The van der Waals surface area contributed by atoms with Crippen molar-refractivity contribution in [2.24, 2.45) is 18.9 Å². The molecule has 5 nitrogen and oxygen atoms in total. The summed E-state index contributed by atoms with van der Waals surface area (Å²) in [6.45, 7) is 3.69. The molecule has 3 rings (SSSR count). The van der Waals surface area contributed by atoms with Crippen molar-refractivity contribution in [2.45, 2.75) is 13.0 Å². The van der Waals surface area contributed by atoms with Crippen LogP contribution < -0.4 is 10.6 Å². The van der Waals surface area contributed by atoms with Crippen LogP contribution in [0.5, 0.6) is 0 Å². The van der Waals surface area contributed by atoms with Gasteiger partial charge < -0.3 is 15.2 Å². The van der Waals surface area contributed by atoms with Crippen LogP contribution >= 0.6 is 24.8 Å². The van der Waals surface area contributed by atoms with Gasteiger partial charge in [-0.1, -0.05) is 19.1 Å². The van der Waals surface area contributed by atoms with Gasteiger partial charge in [-0.15, -0.1) is 24.8 Å². The van der Waals surface area contributed by atoms with Gasteiger partial charge in [-0.25, -0.2) is 9.37 Å². The van der Waals surface area contributed by atoms with E-state index in [1.54, 1.807) is 18.3 Å². The number of imidazole rings is 1. The number of nitrogens with zero attached hydrogens (tertiary/aromatic N) is 2. The number of hydrogen-bond acceptors (Lipinski definition) is 3. The fourth-order valence-corrected chi connectivity index (χ4v) is 2.76. The summed E-state index contributed by atoms with van der Waals surface area (Å²) in [5.41, 5.74) is 0.813. The molecule has 1 fully saturated rings. The maximum atomic E-state index is 13.2. The fourth-order valence-electron chi connectivity index (χ4n) is 2.76. The molecule has 1 aromatic heterocycles. The number of nitrogens with one attached hydrogen (secondary N) is 2. The van der Waals surface area contributed by atoms with Gasteiger partial charge in [0, 0.05) is 25.4 Å². The van der Waals surface area contributed by atoms with E-state index in [0.29, 0.717) is 5.92 Å². The van der Waals surface area contributed by atoms with Crippen LogP contribution in [-0.4, -0.2) is 28.5 Å². The van der Waals surface area contributed by atoms with Crippen LogP contribution in [0.2, 0.25) is 0 Å². The molecule has 1 amide bonds. The molecule has 1 aliphatic heterocycles. The Morgan fingerprint density at radius 2 is 1.96 bits per heavy atom. The highest BCUT2D eigenvalue weighted by molar-refractivity contribution is 5.85. The first-order valence-corrected chi connectivity index (χ1v) is 7.80. The van der Waals surface area contributed by atoms with Crippen LogP contribution in [0.1, 0.15) is 24.4 Å². The number of amides is 1. The predicted molar refractivity (Wildman–Crippen MR) is 99.6 cm³/mol. The van der Waals surface area contributed by atoms with Gasteiger partial charge in [-0.05, 0) is 36.7 Å². The first-order chi connectivity index (χ1) is 11.1. The Hall–Kier alpha value is -1.63. The van der Waals surface area contributed by atoms with Crippen LogP contribution in [0.4, 0.5) is 4.39 Å². The molecule has 138 valence electrons. The van der Waals surface area contributed by atoms with Gasteiger partial charge in [0.2, 0.25) is 5.91 Å². The molecule has 0 radical (unpaired) electrons. The minimum absolute atomic E-state index is 0. The average molecular weight is 389 g/mol. The molecule has 2 heterocycles. The summed E-state index contributed by atoms with van der Waals surface area (Å²) in [4.78, 5) is 16.9. The molecule has 8 heteroatoms. The van der Waals surface area contributed by atoms with Gasteiger partial charge >= 0.3 is 0 Å². The number of hydrogen-bond donors (Lipinski definition) is 2. The Bertz CT molecular complexity index is 688. The number of carbonyl (C=O) groups is 1. The van der Waals surface area contributed by atoms with E-state index in [0.717, 1.165) is 24.5 Å². The maximum absolute atomic E-state index is 13.2. The van der Waals surface area contributed by atoms with E-state index in [1.165, 1.54) is 12.1 Å². The monoisotopic (exact) mass is 388 g/mol. The van der Waals surface area contributed by atoms with E-state index in [9.17, 15) is 9.18 Å². The highest BCUT2D eigenvalue weighted by Gasteiger charge is 2.31. The van der Waals surface area contributed by atoms with Crippen molar-refractivity contribution in [1.82, 2.24) is 20.2 Å². The molecule has 0 spiro atoms. The number of carbonyl (C=O) groups excluding carboxylic acids is 1. The van der Waals surface area contributed by atoms with Crippen LogP contribution in [0.3, 0.4) is 0 Å². The third kappa shape index (κ3) is 4.71. The summed E-state index contributed by atoms with van der Waals surface area (Å²) in [5, 5.41) is 6.26. The smallest absolute Gasteiger partial charge is 0.224 e. The standard InChI is InChI=1S/C17H21FN4O.2ClH/c1-11(13-9-19-10-13)17(23)21-15(16-20-7-8-22(16)2)12-3-5-14(18)6-4-12;;/h3-8,11,13,15,19H,9-10H2,1-2H3,(H,21,23);2*1H. The number of halogens is 3. The minimum Gasteiger partial charge on any atom is -0.342 e. The van der Waals surface area contributed by atoms with Crippen molar-refractivity contribution in [2.75, 3.05) is 13.1 Å². The molecule has 1 aromatic carbocycles. The van der Waals surface area contributed by atoms with E-state index in [1.807, 2.05) is 24.7 Å². The van der Waals surface area contributed by atoms with Gasteiger partial charge in [0.25, 0.3) is 0 Å². The highest BCUT2D eigenvalue weighted by atomic mass is 35.5. The minimum atomic E-state index is -0.390. The maximum Gasteiger partial charge on any atom is 0.224 e. The lowest BCUT2D eigenvalue weighted by Gasteiger charge is -2.32. The second-order valence-electron chi connectivity index (χ2n) is 6.10. The topological polar surface area (TPSA) is 59.0 Å². The van der Waals surface area contributed by atoms with Gasteiger partial charge in [-0.3, -0.25) is 4.79 Å².